The van der Waals surface area contributed by atoms with Gasteiger partial charge in [0.05, 0.1) is 11.2 Å². The van der Waals surface area contributed by atoms with Gasteiger partial charge >= 0.3 is 0 Å². The van der Waals surface area contributed by atoms with E-state index in [1.54, 1.807) is 30.5 Å². The van der Waals surface area contributed by atoms with Gasteiger partial charge in [-0.1, -0.05) is 18.2 Å². The topological polar surface area (TPSA) is 86.1 Å². The highest BCUT2D eigenvalue weighted by Crippen LogP contribution is 2.31. The van der Waals surface area contributed by atoms with Crippen LogP contribution in [0.4, 0.5) is 4.39 Å². The number of nitrogens with one attached hydrogen (secondary N) is 1. The van der Waals surface area contributed by atoms with Gasteiger partial charge in [-0.25, -0.2) is 19.3 Å². The van der Waals surface area contributed by atoms with Gasteiger partial charge in [-0.2, -0.15) is 0 Å². The molecule has 0 spiro atoms. The summed E-state index contributed by atoms with van der Waals surface area (Å²) in [6.45, 7) is 2.13. The minimum atomic E-state index is -0.320. The molecule has 166 valence electrons. The van der Waals surface area contributed by atoms with Crippen molar-refractivity contribution < 1.29 is 18.3 Å². The molecule has 0 saturated heterocycles. The lowest BCUT2D eigenvalue weighted by Gasteiger charge is -2.12. The lowest BCUT2D eigenvalue weighted by molar-refractivity contribution is 0.263. The van der Waals surface area contributed by atoms with Crippen LogP contribution in [-0.2, 0) is 13.2 Å². The molecule has 2 aromatic carbocycles. The first-order valence-corrected chi connectivity index (χ1v) is 10.9. The van der Waals surface area contributed by atoms with Crippen LogP contribution in [0, 0.1) is 12.7 Å². The highest BCUT2D eigenvalue weighted by Gasteiger charge is 2.13. The quantitative estimate of drug-likeness (QED) is 0.291. The summed E-state index contributed by atoms with van der Waals surface area (Å²) in [4.78, 5) is 16.2. The molecule has 5 rings (SSSR count). The molecule has 9 heteroatoms. The number of aromatic amines is 1. The van der Waals surface area contributed by atoms with Crippen molar-refractivity contribution in [2.45, 2.75) is 20.1 Å². The van der Waals surface area contributed by atoms with E-state index in [-0.39, 0.29) is 19.0 Å². The molecule has 3 heterocycles. The highest BCUT2D eigenvalue weighted by atomic mass is 79.9. The van der Waals surface area contributed by atoms with Crippen molar-refractivity contribution in [2.75, 3.05) is 0 Å². The summed E-state index contributed by atoms with van der Waals surface area (Å²) in [6.07, 6.45) is 3.07. The van der Waals surface area contributed by atoms with Gasteiger partial charge in [-0.3, -0.25) is 0 Å². The van der Waals surface area contributed by atoms with Crippen LogP contribution in [0.3, 0.4) is 0 Å². The fourth-order valence-electron chi connectivity index (χ4n) is 3.28. The van der Waals surface area contributed by atoms with Gasteiger partial charge in [0.2, 0.25) is 0 Å². The van der Waals surface area contributed by atoms with Gasteiger partial charge in [0.1, 0.15) is 36.4 Å². The number of imidazole rings is 1. The Labute approximate surface area is 196 Å². The summed E-state index contributed by atoms with van der Waals surface area (Å²) in [5.74, 6) is 1.97. The Morgan fingerprint density at radius 3 is 2.58 bits per heavy atom. The molecule has 0 radical (unpaired) electrons. The summed E-state index contributed by atoms with van der Waals surface area (Å²) in [5.41, 5.74) is 3.33. The molecule has 0 aliphatic heterocycles. The number of hydrogen-bond acceptors (Lipinski definition) is 6. The van der Waals surface area contributed by atoms with Gasteiger partial charge in [-0.15, -0.1) is 0 Å². The number of benzene rings is 2. The van der Waals surface area contributed by atoms with Crippen LogP contribution < -0.4 is 9.47 Å². The highest BCUT2D eigenvalue weighted by molar-refractivity contribution is 9.10. The first-order chi connectivity index (χ1) is 16.0. The van der Waals surface area contributed by atoms with Crippen molar-refractivity contribution in [1.29, 1.82) is 0 Å². The van der Waals surface area contributed by atoms with E-state index in [1.165, 1.54) is 12.5 Å². The standard InChI is InChI=1S/C24H18BrFN4O3/c1-14-22(33-13-28-14)12-32-19-7-16(23-29-21-8-17(25)10-27-24(21)30-23)6-18(9-19)31-11-15-4-2-3-5-20(15)26/h2-10,13H,11-12H2,1H3,(H,27,29,30). The fourth-order valence-corrected chi connectivity index (χ4v) is 3.61. The van der Waals surface area contributed by atoms with Gasteiger partial charge in [-0.05, 0) is 47.1 Å². The van der Waals surface area contributed by atoms with Crippen molar-refractivity contribution in [1.82, 2.24) is 19.9 Å². The SMILES string of the molecule is Cc1ncoc1COc1cc(OCc2ccccc2F)cc(-c2nc3ncc(Br)cc3[nH]2)c1. The molecule has 0 atom stereocenters. The molecule has 3 aromatic heterocycles. The van der Waals surface area contributed by atoms with Crippen molar-refractivity contribution in [3.8, 4) is 22.9 Å². The molecule has 1 N–H and O–H groups in total. The van der Waals surface area contributed by atoms with Crippen LogP contribution in [0.5, 0.6) is 11.5 Å². The number of aromatic nitrogens is 4. The summed E-state index contributed by atoms with van der Waals surface area (Å²) >= 11 is 3.42. The lowest BCUT2D eigenvalue weighted by Crippen LogP contribution is -2.00. The van der Waals surface area contributed by atoms with Crippen LogP contribution in [0.1, 0.15) is 17.0 Å². The van der Waals surface area contributed by atoms with Crippen LogP contribution in [0.15, 0.2) is 70.0 Å². The molecule has 0 aliphatic carbocycles. The molecule has 33 heavy (non-hydrogen) atoms. The van der Waals surface area contributed by atoms with E-state index in [0.29, 0.717) is 34.3 Å². The number of oxazole rings is 1. The van der Waals surface area contributed by atoms with Crippen LogP contribution in [-0.4, -0.2) is 19.9 Å². The number of hydrogen-bond donors (Lipinski definition) is 1. The average Bonchev–Trinajstić information content (AvgIpc) is 3.42. The Morgan fingerprint density at radius 1 is 1.03 bits per heavy atom. The maximum absolute atomic E-state index is 14.0. The minimum absolute atomic E-state index is 0.0748. The van der Waals surface area contributed by atoms with Gasteiger partial charge in [0.25, 0.3) is 0 Å². The monoisotopic (exact) mass is 508 g/mol. The number of ether oxygens (including phenoxy) is 2. The molecule has 0 aliphatic rings. The number of aryl methyl sites for hydroxylation is 1. The lowest BCUT2D eigenvalue weighted by atomic mass is 10.2. The maximum atomic E-state index is 14.0. The molecule has 0 unspecified atom stereocenters. The zero-order valence-corrected chi connectivity index (χ0v) is 19.1. The summed E-state index contributed by atoms with van der Waals surface area (Å²) < 4.78 is 32.1. The van der Waals surface area contributed by atoms with E-state index in [0.717, 1.165) is 21.2 Å². The maximum Gasteiger partial charge on any atom is 0.181 e. The van der Waals surface area contributed by atoms with Crippen molar-refractivity contribution in [3.63, 3.8) is 0 Å². The second-order valence-corrected chi connectivity index (χ2v) is 8.25. The second-order valence-electron chi connectivity index (χ2n) is 7.33. The Hall–Kier alpha value is -3.72. The number of pyridine rings is 1. The molecule has 0 saturated carbocycles. The van der Waals surface area contributed by atoms with E-state index in [2.05, 4.69) is 35.9 Å². The number of fused-ring (bicyclic) bond motifs is 1. The molecule has 0 amide bonds. The van der Waals surface area contributed by atoms with Crippen LogP contribution in [0.2, 0.25) is 0 Å². The van der Waals surface area contributed by atoms with Crippen LogP contribution in [0.25, 0.3) is 22.6 Å². The summed E-state index contributed by atoms with van der Waals surface area (Å²) in [6, 6.07) is 13.8. The first kappa shape index (κ1) is 21.1. The van der Waals surface area contributed by atoms with E-state index in [4.69, 9.17) is 13.9 Å². The fraction of sp³-hybridized carbons (Fsp3) is 0.125. The summed E-state index contributed by atoms with van der Waals surface area (Å²) in [5, 5.41) is 0. The third-order valence-electron chi connectivity index (χ3n) is 5.02. The number of H-pyrrole nitrogens is 1. The summed E-state index contributed by atoms with van der Waals surface area (Å²) in [7, 11) is 0. The smallest absolute Gasteiger partial charge is 0.181 e. The third-order valence-corrected chi connectivity index (χ3v) is 5.46. The molecule has 5 aromatic rings. The predicted molar refractivity (Wildman–Crippen MR) is 123 cm³/mol. The Kier molecular flexibility index (Phi) is 5.78. The van der Waals surface area contributed by atoms with Crippen molar-refractivity contribution in [3.05, 3.63) is 88.4 Å². The molecular weight excluding hydrogens is 491 g/mol. The Balaban J connectivity index is 1.47. The Morgan fingerprint density at radius 2 is 1.82 bits per heavy atom. The molecule has 7 nitrogen and oxygen atoms in total. The van der Waals surface area contributed by atoms with Gasteiger partial charge < -0.3 is 18.9 Å². The second kappa shape index (κ2) is 9.03. The van der Waals surface area contributed by atoms with Gasteiger partial charge in [0.15, 0.2) is 17.8 Å². The van der Waals surface area contributed by atoms with Crippen molar-refractivity contribution in [2.24, 2.45) is 0 Å². The third kappa shape index (κ3) is 4.73. The number of nitrogens with zero attached hydrogens (tertiary/aromatic N) is 3. The van der Waals surface area contributed by atoms with Gasteiger partial charge in [0, 0.05) is 27.9 Å². The van der Waals surface area contributed by atoms with E-state index in [1.807, 2.05) is 25.1 Å². The largest absolute Gasteiger partial charge is 0.489 e. The van der Waals surface area contributed by atoms with Crippen LogP contribution >= 0.6 is 15.9 Å². The zero-order valence-electron chi connectivity index (χ0n) is 17.5. The molecule has 0 bridgehead atoms. The molecular formula is C24H18BrFN4O3. The van der Waals surface area contributed by atoms with E-state index < -0.39 is 0 Å². The average molecular weight is 509 g/mol. The van der Waals surface area contributed by atoms with E-state index >= 15 is 0 Å². The molecule has 0 fully saturated rings. The first-order valence-electron chi connectivity index (χ1n) is 10.1. The minimum Gasteiger partial charge on any atom is -0.489 e. The number of halogens is 2. The van der Waals surface area contributed by atoms with E-state index in [9.17, 15) is 4.39 Å². The zero-order chi connectivity index (χ0) is 22.8. The normalized spacial score (nSPS) is 11.1. The predicted octanol–water partition coefficient (Wildman–Crippen LogP) is 5.98. The number of rotatable bonds is 7. The van der Waals surface area contributed by atoms with Crippen molar-refractivity contribution >= 4 is 27.1 Å². The Bertz CT molecular complexity index is 1430.